The van der Waals surface area contributed by atoms with E-state index in [1.807, 2.05) is 12.1 Å². The highest BCUT2D eigenvalue weighted by Crippen LogP contribution is 2.33. The van der Waals surface area contributed by atoms with Crippen LogP contribution in [-0.2, 0) is 4.79 Å². The number of benzene rings is 2. The van der Waals surface area contributed by atoms with Gasteiger partial charge in [-0.1, -0.05) is 20.1 Å². The van der Waals surface area contributed by atoms with E-state index in [2.05, 4.69) is 89.9 Å². The van der Waals surface area contributed by atoms with E-state index in [4.69, 9.17) is 9.90 Å². The molecule has 0 saturated heterocycles. The van der Waals surface area contributed by atoms with Gasteiger partial charge in [0.25, 0.3) is 6.47 Å². The van der Waals surface area contributed by atoms with Gasteiger partial charge in [-0.05, 0) is 80.8 Å². The molecule has 3 N–H and O–H groups in total. The molecule has 4 aromatic rings. The van der Waals surface area contributed by atoms with Crippen molar-refractivity contribution in [2.45, 2.75) is 0 Å². The highest BCUT2D eigenvalue weighted by Gasteiger charge is 2.13. The van der Waals surface area contributed by atoms with Gasteiger partial charge in [-0.3, -0.25) is 4.79 Å². The Labute approximate surface area is 212 Å². The standard InChI is InChI=1S/C26H31FN5P.CH2O2/c1-31(2)14-15-32(3)20-9-6-18(7-10-20)23-17-21-22(12-13-28-26(21)30-23)29-24-16-19(27)8-11-25(24)33(4)5;2-1-3/h6-13,16-17H,14-15H2,1-5H3,(H2,28,29,30);1H,(H,2,3). The Morgan fingerprint density at radius 1 is 1.03 bits per heavy atom. The van der Waals surface area contributed by atoms with Gasteiger partial charge in [0.05, 0.1) is 5.69 Å². The lowest BCUT2D eigenvalue weighted by atomic mass is 10.1. The second-order valence-corrected chi connectivity index (χ2v) is 11.1. The minimum atomic E-state index is -0.374. The molecule has 190 valence electrons. The van der Waals surface area contributed by atoms with Crippen LogP contribution in [0.15, 0.2) is 60.8 Å². The summed E-state index contributed by atoms with van der Waals surface area (Å²) in [6, 6.07) is 17.6. The van der Waals surface area contributed by atoms with Gasteiger partial charge in [0.15, 0.2) is 0 Å². The Morgan fingerprint density at radius 3 is 2.36 bits per heavy atom. The molecular formula is C27H33FN5O2P. The summed E-state index contributed by atoms with van der Waals surface area (Å²) in [6.45, 7) is 6.07. The molecule has 0 atom stereocenters. The Balaban J connectivity index is 0.00000115. The van der Waals surface area contributed by atoms with Crippen molar-refractivity contribution in [2.24, 2.45) is 0 Å². The van der Waals surface area contributed by atoms with Gasteiger partial charge in [0, 0.05) is 48.8 Å². The third kappa shape index (κ3) is 6.80. The average molecular weight is 510 g/mol. The van der Waals surface area contributed by atoms with Gasteiger partial charge in [-0.25, -0.2) is 9.37 Å². The number of aromatic nitrogens is 2. The van der Waals surface area contributed by atoms with E-state index in [1.54, 1.807) is 12.3 Å². The Morgan fingerprint density at radius 2 is 1.72 bits per heavy atom. The Bertz CT molecular complexity index is 1290. The monoisotopic (exact) mass is 509 g/mol. The number of aromatic amines is 1. The lowest BCUT2D eigenvalue weighted by Crippen LogP contribution is -2.28. The second kappa shape index (κ2) is 12.5. The number of nitrogens with one attached hydrogen (secondary N) is 2. The maximum atomic E-state index is 14.0. The quantitative estimate of drug-likeness (QED) is 0.224. The first-order valence-electron chi connectivity index (χ1n) is 11.5. The molecule has 0 spiro atoms. The van der Waals surface area contributed by atoms with Crippen LogP contribution in [0, 0.1) is 5.82 Å². The number of anilines is 3. The number of pyridine rings is 1. The van der Waals surface area contributed by atoms with Crippen molar-refractivity contribution in [2.75, 3.05) is 57.8 Å². The van der Waals surface area contributed by atoms with Crippen molar-refractivity contribution in [1.82, 2.24) is 14.9 Å². The smallest absolute Gasteiger partial charge is 0.290 e. The van der Waals surface area contributed by atoms with Gasteiger partial charge in [-0.2, -0.15) is 0 Å². The third-order valence-corrected chi connectivity index (χ3v) is 7.10. The van der Waals surface area contributed by atoms with Gasteiger partial charge < -0.3 is 25.2 Å². The van der Waals surface area contributed by atoms with Gasteiger partial charge in [0.2, 0.25) is 0 Å². The highest BCUT2D eigenvalue weighted by molar-refractivity contribution is 7.64. The summed E-state index contributed by atoms with van der Waals surface area (Å²) >= 11 is 0. The predicted octanol–water partition coefficient (Wildman–Crippen LogP) is 5.18. The summed E-state index contributed by atoms with van der Waals surface area (Å²) in [5.74, 6) is -0.242. The Hall–Kier alpha value is -3.48. The van der Waals surface area contributed by atoms with Crippen LogP contribution in [0.25, 0.3) is 22.3 Å². The molecule has 0 saturated carbocycles. The topological polar surface area (TPSA) is 84.5 Å². The van der Waals surface area contributed by atoms with Crippen LogP contribution in [0.2, 0.25) is 0 Å². The molecule has 2 aromatic heterocycles. The second-order valence-electron chi connectivity index (χ2n) is 8.86. The van der Waals surface area contributed by atoms with Crippen molar-refractivity contribution in [3.63, 3.8) is 0 Å². The fourth-order valence-electron chi connectivity index (χ4n) is 3.81. The van der Waals surface area contributed by atoms with E-state index >= 15 is 0 Å². The minimum Gasteiger partial charge on any atom is -0.483 e. The number of halogens is 1. The molecule has 7 nitrogen and oxygen atoms in total. The molecule has 0 aliphatic rings. The van der Waals surface area contributed by atoms with E-state index in [0.717, 1.165) is 52.1 Å². The molecule has 0 radical (unpaired) electrons. The van der Waals surface area contributed by atoms with Crippen LogP contribution in [0.3, 0.4) is 0 Å². The highest BCUT2D eigenvalue weighted by atomic mass is 31.1. The van der Waals surface area contributed by atoms with Gasteiger partial charge in [-0.15, -0.1) is 0 Å². The molecule has 9 heteroatoms. The number of fused-ring (bicyclic) bond motifs is 1. The predicted molar refractivity (Wildman–Crippen MR) is 150 cm³/mol. The molecule has 36 heavy (non-hydrogen) atoms. The fourth-order valence-corrected chi connectivity index (χ4v) is 4.78. The van der Waals surface area contributed by atoms with Crippen LogP contribution in [0.4, 0.5) is 21.5 Å². The maximum absolute atomic E-state index is 14.0. The summed E-state index contributed by atoms with van der Waals surface area (Å²) in [5.41, 5.74) is 5.81. The van der Waals surface area contributed by atoms with Crippen LogP contribution < -0.4 is 15.5 Å². The summed E-state index contributed by atoms with van der Waals surface area (Å²) in [6.07, 6.45) is 1.77. The summed E-state index contributed by atoms with van der Waals surface area (Å²) in [4.78, 5) is 20.7. The van der Waals surface area contributed by atoms with Crippen LogP contribution in [0.1, 0.15) is 0 Å². The lowest BCUT2D eigenvalue weighted by molar-refractivity contribution is -0.122. The molecule has 0 amide bonds. The van der Waals surface area contributed by atoms with E-state index < -0.39 is 0 Å². The van der Waals surface area contributed by atoms with E-state index in [0.29, 0.717) is 0 Å². The number of carbonyl (C=O) groups is 1. The molecular weight excluding hydrogens is 476 g/mol. The van der Waals surface area contributed by atoms with Crippen molar-refractivity contribution in [3.8, 4) is 11.3 Å². The van der Waals surface area contributed by atoms with Crippen LogP contribution >= 0.6 is 7.92 Å². The number of hydrogen-bond acceptors (Lipinski definition) is 5. The zero-order valence-corrected chi connectivity index (χ0v) is 22.2. The fraction of sp³-hybridized carbons (Fsp3) is 0.259. The summed E-state index contributed by atoms with van der Waals surface area (Å²) < 4.78 is 14.0. The maximum Gasteiger partial charge on any atom is 0.290 e. The van der Waals surface area contributed by atoms with Crippen molar-refractivity contribution in [3.05, 3.63) is 66.6 Å². The summed E-state index contributed by atoms with van der Waals surface area (Å²) in [5, 5.41) is 12.5. The number of H-pyrrole nitrogens is 1. The molecule has 0 bridgehead atoms. The van der Waals surface area contributed by atoms with Crippen molar-refractivity contribution >= 4 is 47.8 Å². The van der Waals surface area contributed by atoms with E-state index in [1.165, 1.54) is 11.8 Å². The largest absolute Gasteiger partial charge is 0.483 e. The number of nitrogens with zero attached hydrogens (tertiary/aromatic N) is 3. The molecule has 0 aliphatic carbocycles. The lowest BCUT2D eigenvalue weighted by Gasteiger charge is -2.21. The van der Waals surface area contributed by atoms with Crippen LogP contribution in [-0.4, -0.2) is 74.0 Å². The van der Waals surface area contributed by atoms with Crippen molar-refractivity contribution in [1.29, 1.82) is 0 Å². The molecule has 2 aromatic carbocycles. The number of carboxylic acid groups (broad SMARTS) is 1. The summed E-state index contributed by atoms with van der Waals surface area (Å²) in [7, 11) is 5.91. The number of rotatable bonds is 8. The van der Waals surface area contributed by atoms with E-state index in [9.17, 15) is 4.39 Å². The molecule has 0 unspecified atom stereocenters. The zero-order chi connectivity index (χ0) is 26.2. The number of hydrogen-bond donors (Lipinski definition) is 3. The average Bonchev–Trinajstić information content (AvgIpc) is 3.28. The van der Waals surface area contributed by atoms with Gasteiger partial charge >= 0.3 is 0 Å². The SMILES string of the molecule is CN(C)CCN(C)c1ccc(-c2cc3c(Nc4cc(F)ccc4P(C)C)ccnc3[nH]2)cc1.O=CO. The molecule has 4 rings (SSSR count). The Kier molecular flexibility index (Phi) is 9.39. The molecule has 0 fully saturated rings. The first kappa shape index (κ1) is 27.1. The minimum absolute atomic E-state index is 0.242. The normalized spacial score (nSPS) is 10.9. The van der Waals surface area contributed by atoms with E-state index in [-0.39, 0.29) is 20.2 Å². The molecule has 2 heterocycles. The van der Waals surface area contributed by atoms with Crippen LogP contribution in [0.5, 0.6) is 0 Å². The van der Waals surface area contributed by atoms with Gasteiger partial charge in [0.1, 0.15) is 11.5 Å². The van der Waals surface area contributed by atoms with Crippen molar-refractivity contribution < 1.29 is 14.3 Å². The first-order valence-corrected chi connectivity index (χ1v) is 13.7. The number of likely N-dealkylation sites (N-methyl/N-ethyl adjacent to an activating group) is 2. The molecule has 0 aliphatic heterocycles. The first-order chi connectivity index (χ1) is 17.2. The zero-order valence-electron chi connectivity index (χ0n) is 21.3. The third-order valence-electron chi connectivity index (χ3n) is 5.74.